The molecule has 1 aromatic carbocycles. The normalized spacial score (nSPS) is 10.4. The van der Waals surface area contributed by atoms with E-state index < -0.39 is 0 Å². The van der Waals surface area contributed by atoms with Crippen molar-refractivity contribution >= 4 is 18.4 Å². The maximum absolute atomic E-state index is 10.8. The van der Waals surface area contributed by atoms with Crippen LogP contribution in [0.15, 0.2) is 24.3 Å². The number of hydrogen-bond donors (Lipinski definition) is 1. The summed E-state index contributed by atoms with van der Waals surface area (Å²) in [6.45, 7) is 5.33. The first kappa shape index (κ1) is 26.6. The molecule has 7 nitrogen and oxygen atoms in total. The highest BCUT2D eigenvalue weighted by molar-refractivity contribution is 5.85. The van der Waals surface area contributed by atoms with Crippen LogP contribution in [0.3, 0.4) is 0 Å². The molecule has 0 aliphatic rings. The Bertz CT molecular complexity index is 503. The summed E-state index contributed by atoms with van der Waals surface area (Å²) < 4.78 is 16.5. The lowest BCUT2D eigenvalue weighted by Crippen LogP contribution is -2.11. The van der Waals surface area contributed by atoms with Crippen molar-refractivity contribution in [1.82, 2.24) is 0 Å². The molecule has 0 unspecified atom stereocenters. The van der Waals surface area contributed by atoms with Gasteiger partial charge in [-0.15, -0.1) is 12.4 Å². The Labute approximate surface area is 174 Å². The van der Waals surface area contributed by atoms with Gasteiger partial charge >= 0.3 is 5.97 Å². The lowest BCUT2D eigenvalue weighted by molar-refractivity contribution is -0.276. The second-order valence-corrected chi connectivity index (χ2v) is 5.97. The predicted octanol–water partition coefficient (Wildman–Crippen LogP) is 3.42. The second-order valence-electron chi connectivity index (χ2n) is 5.97. The van der Waals surface area contributed by atoms with E-state index in [1.165, 1.54) is 0 Å². The monoisotopic (exact) mass is 419 g/mol. The third-order valence-electron chi connectivity index (χ3n) is 3.71. The van der Waals surface area contributed by atoms with Gasteiger partial charge in [-0.3, -0.25) is 4.89 Å². The number of hydrogen-bond acceptors (Lipinski definition) is 7. The summed E-state index contributed by atoms with van der Waals surface area (Å²) in [5.41, 5.74) is 6.70. The fourth-order valence-electron chi connectivity index (χ4n) is 2.19. The van der Waals surface area contributed by atoms with Gasteiger partial charge in [-0.05, 0) is 37.0 Å². The summed E-state index contributed by atoms with van der Waals surface area (Å²) in [6.07, 6.45) is 4.58. The maximum atomic E-state index is 10.8. The minimum Gasteiger partial charge on any atom is -0.494 e. The number of carbonyl (C=O) groups is 1. The largest absolute Gasteiger partial charge is 0.494 e. The zero-order valence-corrected chi connectivity index (χ0v) is 17.5. The van der Waals surface area contributed by atoms with Gasteiger partial charge in [-0.25, -0.2) is 4.79 Å². The van der Waals surface area contributed by atoms with Crippen LogP contribution in [0.2, 0.25) is 0 Å². The van der Waals surface area contributed by atoms with Crippen LogP contribution in [0.25, 0.3) is 0 Å². The van der Waals surface area contributed by atoms with Crippen molar-refractivity contribution in [2.75, 3.05) is 39.6 Å². The van der Waals surface area contributed by atoms with Crippen LogP contribution in [-0.4, -0.2) is 45.6 Å². The molecule has 28 heavy (non-hydrogen) atoms. The predicted molar refractivity (Wildman–Crippen MR) is 110 cm³/mol. The average molecular weight is 420 g/mol. The van der Waals surface area contributed by atoms with Gasteiger partial charge < -0.3 is 19.9 Å². The van der Waals surface area contributed by atoms with E-state index in [2.05, 4.69) is 9.78 Å². The van der Waals surface area contributed by atoms with E-state index in [9.17, 15) is 4.79 Å². The molecule has 2 N–H and O–H groups in total. The molecule has 1 aromatic rings. The van der Waals surface area contributed by atoms with Crippen LogP contribution in [0.1, 0.15) is 44.6 Å². The van der Waals surface area contributed by atoms with Crippen molar-refractivity contribution < 1.29 is 28.8 Å². The first-order chi connectivity index (χ1) is 13.3. The van der Waals surface area contributed by atoms with Gasteiger partial charge in [0.05, 0.1) is 26.4 Å². The lowest BCUT2D eigenvalue weighted by atomic mass is 10.2. The van der Waals surface area contributed by atoms with Crippen molar-refractivity contribution in [3.63, 3.8) is 0 Å². The minimum atomic E-state index is -0.384. The molecule has 0 aromatic heterocycles. The Kier molecular flexibility index (Phi) is 18.0. The SMILES string of the molecule is CCC(=O)OOCCOCCOCCCCCCOc1cccc(CN)c1.Cl. The van der Waals surface area contributed by atoms with Crippen molar-refractivity contribution in [2.24, 2.45) is 5.73 Å². The molecule has 8 heteroatoms. The summed E-state index contributed by atoms with van der Waals surface area (Å²) in [5.74, 6) is 0.501. The van der Waals surface area contributed by atoms with E-state index in [-0.39, 0.29) is 25.0 Å². The van der Waals surface area contributed by atoms with Crippen molar-refractivity contribution in [2.45, 2.75) is 45.6 Å². The molecule has 0 aliphatic carbocycles. The topological polar surface area (TPSA) is 89.2 Å². The molecule has 0 saturated carbocycles. The highest BCUT2D eigenvalue weighted by Crippen LogP contribution is 2.13. The minimum absolute atomic E-state index is 0. The van der Waals surface area contributed by atoms with Crippen molar-refractivity contribution in [3.8, 4) is 5.75 Å². The lowest BCUT2D eigenvalue weighted by Gasteiger charge is -2.08. The molecular formula is C20H34ClNO6. The molecular weight excluding hydrogens is 386 g/mol. The Balaban J connectivity index is 0.00000729. The second kappa shape index (κ2) is 19.0. The first-order valence-electron chi connectivity index (χ1n) is 9.65. The number of ether oxygens (including phenoxy) is 3. The Morgan fingerprint density at radius 3 is 2.32 bits per heavy atom. The van der Waals surface area contributed by atoms with Crippen LogP contribution in [0.5, 0.6) is 5.75 Å². The third kappa shape index (κ3) is 14.6. The Hall–Kier alpha value is -1.38. The van der Waals surface area contributed by atoms with Gasteiger partial charge in [0.15, 0.2) is 0 Å². The van der Waals surface area contributed by atoms with Crippen LogP contribution < -0.4 is 10.5 Å². The summed E-state index contributed by atoms with van der Waals surface area (Å²) in [5, 5.41) is 0. The van der Waals surface area contributed by atoms with E-state index in [4.69, 9.17) is 19.9 Å². The van der Waals surface area contributed by atoms with Crippen molar-refractivity contribution in [1.29, 1.82) is 0 Å². The molecule has 0 saturated heterocycles. The molecule has 0 heterocycles. The average Bonchev–Trinajstić information content (AvgIpc) is 2.70. The number of rotatable bonds is 17. The standard InChI is InChI=1S/C20H33NO6.ClH/c1-2-20(22)27-26-15-14-24-13-12-23-10-5-3-4-6-11-25-19-9-7-8-18(16-19)17-21;/h7-9,16H,2-6,10-15,17,21H2,1H3;1H. The molecule has 0 amide bonds. The summed E-state index contributed by atoms with van der Waals surface area (Å²) in [4.78, 5) is 19.9. The Morgan fingerprint density at radius 2 is 1.61 bits per heavy atom. The number of benzene rings is 1. The van der Waals surface area contributed by atoms with E-state index >= 15 is 0 Å². The first-order valence-corrected chi connectivity index (χ1v) is 9.65. The van der Waals surface area contributed by atoms with E-state index in [1.807, 2.05) is 24.3 Å². The zero-order chi connectivity index (χ0) is 19.6. The van der Waals surface area contributed by atoms with E-state index in [0.717, 1.165) is 50.2 Å². The number of unbranched alkanes of at least 4 members (excludes halogenated alkanes) is 3. The summed E-state index contributed by atoms with van der Waals surface area (Å²) >= 11 is 0. The molecule has 0 aliphatic heterocycles. The third-order valence-corrected chi connectivity index (χ3v) is 3.71. The molecule has 162 valence electrons. The maximum Gasteiger partial charge on any atom is 0.342 e. The van der Waals surface area contributed by atoms with Crippen LogP contribution in [0, 0.1) is 0 Å². The van der Waals surface area contributed by atoms with E-state index in [0.29, 0.717) is 32.8 Å². The fraction of sp³-hybridized carbons (Fsp3) is 0.650. The molecule has 0 radical (unpaired) electrons. The molecule has 0 spiro atoms. The van der Waals surface area contributed by atoms with Crippen LogP contribution >= 0.6 is 12.4 Å². The Morgan fingerprint density at radius 1 is 0.929 bits per heavy atom. The van der Waals surface area contributed by atoms with Gasteiger partial charge in [0, 0.05) is 19.6 Å². The number of halogens is 1. The molecule has 0 fully saturated rings. The zero-order valence-electron chi connectivity index (χ0n) is 16.7. The van der Waals surface area contributed by atoms with Crippen LogP contribution in [0.4, 0.5) is 0 Å². The highest BCUT2D eigenvalue weighted by atomic mass is 35.5. The van der Waals surface area contributed by atoms with Gasteiger partial charge in [0.2, 0.25) is 0 Å². The van der Waals surface area contributed by atoms with Gasteiger partial charge in [-0.1, -0.05) is 25.5 Å². The number of carbonyl (C=O) groups excluding carboxylic acids is 1. The van der Waals surface area contributed by atoms with Crippen LogP contribution in [-0.2, 0) is 30.6 Å². The fourth-order valence-corrected chi connectivity index (χ4v) is 2.19. The number of nitrogens with two attached hydrogens (primary N) is 1. The van der Waals surface area contributed by atoms with Gasteiger partial charge in [0.1, 0.15) is 12.4 Å². The molecule has 1 rings (SSSR count). The van der Waals surface area contributed by atoms with Gasteiger partial charge in [0.25, 0.3) is 0 Å². The quantitative estimate of drug-likeness (QED) is 0.235. The highest BCUT2D eigenvalue weighted by Gasteiger charge is 1.99. The smallest absolute Gasteiger partial charge is 0.342 e. The summed E-state index contributed by atoms with van der Waals surface area (Å²) in [7, 11) is 0. The van der Waals surface area contributed by atoms with E-state index in [1.54, 1.807) is 6.92 Å². The molecule has 0 atom stereocenters. The van der Waals surface area contributed by atoms with Gasteiger partial charge in [-0.2, -0.15) is 4.89 Å². The van der Waals surface area contributed by atoms with Crippen molar-refractivity contribution in [3.05, 3.63) is 29.8 Å². The molecule has 0 bridgehead atoms. The summed E-state index contributed by atoms with van der Waals surface area (Å²) in [6, 6.07) is 7.90.